The highest BCUT2D eigenvalue weighted by Crippen LogP contribution is 2.27. The molecule has 0 radical (unpaired) electrons. The summed E-state index contributed by atoms with van der Waals surface area (Å²) in [5, 5.41) is 9.56. The maximum absolute atomic E-state index is 13.6. The summed E-state index contributed by atoms with van der Waals surface area (Å²) in [4.78, 5) is 1.87. The van der Waals surface area contributed by atoms with Crippen molar-refractivity contribution in [3.05, 3.63) is 29.6 Å². The summed E-state index contributed by atoms with van der Waals surface area (Å²) in [5.74, 6) is -0.378. The van der Waals surface area contributed by atoms with Crippen LogP contribution >= 0.6 is 0 Å². The van der Waals surface area contributed by atoms with Gasteiger partial charge in [0.15, 0.2) is 0 Å². The molecule has 0 amide bonds. The van der Waals surface area contributed by atoms with Crippen molar-refractivity contribution in [1.29, 1.82) is 0 Å². The van der Waals surface area contributed by atoms with Crippen LogP contribution in [0.3, 0.4) is 0 Å². The van der Waals surface area contributed by atoms with Gasteiger partial charge in [-0.2, -0.15) is 0 Å². The first-order chi connectivity index (χ1) is 7.57. The zero-order valence-electron chi connectivity index (χ0n) is 9.90. The molecule has 3 nitrogen and oxygen atoms in total. The smallest absolute Gasteiger partial charge is 0.131 e. The molecule has 4 heteroatoms. The Bertz CT molecular complexity index is 342. The van der Waals surface area contributed by atoms with Crippen LogP contribution in [0.15, 0.2) is 18.2 Å². The number of benzene rings is 1. The van der Waals surface area contributed by atoms with Gasteiger partial charge in [-0.25, -0.2) is 4.39 Å². The Hall–Kier alpha value is -1.13. The quantitative estimate of drug-likeness (QED) is 0.834. The Morgan fingerprint density at radius 2 is 2.19 bits per heavy atom. The van der Waals surface area contributed by atoms with E-state index in [-0.39, 0.29) is 5.82 Å². The summed E-state index contributed by atoms with van der Waals surface area (Å²) in [6.45, 7) is 2.78. The van der Waals surface area contributed by atoms with Crippen molar-refractivity contribution < 1.29 is 14.2 Å². The van der Waals surface area contributed by atoms with Crippen molar-refractivity contribution in [1.82, 2.24) is 0 Å². The maximum atomic E-state index is 13.6. The highest BCUT2D eigenvalue weighted by Gasteiger charge is 2.15. The van der Waals surface area contributed by atoms with Crippen molar-refractivity contribution in [2.75, 3.05) is 32.2 Å². The number of anilines is 1. The zero-order chi connectivity index (χ0) is 12.1. The molecule has 0 fully saturated rings. The Morgan fingerprint density at radius 3 is 2.75 bits per heavy atom. The van der Waals surface area contributed by atoms with Crippen LogP contribution in [0.25, 0.3) is 0 Å². The summed E-state index contributed by atoms with van der Waals surface area (Å²) >= 11 is 0. The molecule has 0 bridgehead atoms. The lowest BCUT2D eigenvalue weighted by atomic mass is 10.1. The minimum atomic E-state index is -0.818. The molecule has 0 heterocycles. The van der Waals surface area contributed by atoms with Gasteiger partial charge in [-0.05, 0) is 19.1 Å². The third-order valence-electron chi connectivity index (χ3n) is 2.49. The highest BCUT2D eigenvalue weighted by molar-refractivity contribution is 5.54. The Kier molecular flexibility index (Phi) is 4.71. The normalized spacial score (nSPS) is 12.6. The summed E-state index contributed by atoms with van der Waals surface area (Å²) in [6, 6.07) is 4.79. The number of methoxy groups -OCH3 is 1. The van der Waals surface area contributed by atoms with Gasteiger partial charge in [0.1, 0.15) is 5.82 Å². The van der Waals surface area contributed by atoms with Gasteiger partial charge in [-0.1, -0.05) is 6.07 Å². The van der Waals surface area contributed by atoms with E-state index in [4.69, 9.17) is 4.74 Å². The van der Waals surface area contributed by atoms with E-state index in [0.717, 1.165) is 0 Å². The first kappa shape index (κ1) is 12.9. The Balaban J connectivity index is 2.98. The second kappa shape index (κ2) is 5.82. The number of rotatable bonds is 5. The molecule has 1 aromatic rings. The molecule has 0 saturated carbocycles. The van der Waals surface area contributed by atoms with Crippen molar-refractivity contribution >= 4 is 5.69 Å². The zero-order valence-corrected chi connectivity index (χ0v) is 9.90. The SMILES string of the molecule is COCCN(C)c1cccc(F)c1[C@@H](C)O. The number of aliphatic hydroxyl groups excluding tert-OH is 1. The fourth-order valence-electron chi connectivity index (χ4n) is 1.62. The monoisotopic (exact) mass is 227 g/mol. The lowest BCUT2D eigenvalue weighted by Crippen LogP contribution is -2.24. The summed E-state index contributed by atoms with van der Waals surface area (Å²) in [7, 11) is 3.47. The second-order valence-corrected chi connectivity index (χ2v) is 3.76. The molecule has 0 aliphatic heterocycles. The van der Waals surface area contributed by atoms with Gasteiger partial charge < -0.3 is 14.7 Å². The number of hydrogen-bond donors (Lipinski definition) is 1. The summed E-state index contributed by atoms with van der Waals surface area (Å²) in [6.07, 6.45) is -0.818. The first-order valence-corrected chi connectivity index (χ1v) is 5.24. The van der Waals surface area contributed by atoms with Crippen LogP contribution in [0.4, 0.5) is 10.1 Å². The number of hydrogen-bond acceptors (Lipinski definition) is 3. The van der Waals surface area contributed by atoms with Crippen LogP contribution in [0.5, 0.6) is 0 Å². The van der Waals surface area contributed by atoms with E-state index in [2.05, 4.69) is 0 Å². The van der Waals surface area contributed by atoms with Crippen molar-refractivity contribution in [2.24, 2.45) is 0 Å². The average Bonchev–Trinajstić information content (AvgIpc) is 2.24. The molecule has 0 unspecified atom stereocenters. The minimum Gasteiger partial charge on any atom is -0.389 e. The standard InChI is InChI=1S/C12H18FNO2/c1-9(15)12-10(13)5-4-6-11(12)14(2)7-8-16-3/h4-6,9,15H,7-8H2,1-3H3/t9-/m1/s1. The minimum absolute atomic E-state index is 0.334. The topological polar surface area (TPSA) is 32.7 Å². The Labute approximate surface area is 95.5 Å². The number of nitrogens with zero attached hydrogens (tertiary/aromatic N) is 1. The molecule has 90 valence electrons. The van der Waals surface area contributed by atoms with Gasteiger partial charge in [0.05, 0.1) is 12.7 Å². The molecule has 0 saturated heterocycles. The summed E-state index contributed by atoms with van der Waals surface area (Å²) in [5.41, 5.74) is 1.04. The molecule has 0 spiro atoms. The molecule has 16 heavy (non-hydrogen) atoms. The fourth-order valence-corrected chi connectivity index (χ4v) is 1.62. The van der Waals surface area contributed by atoms with Gasteiger partial charge in [0.2, 0.25) is 0 Å². The van der Waals surface area contributed by atoms with Crippen LogP contribution in [0, 0.1) is 5.82 Å². The predicted molar refractivity (Wildman–Crippen MR) is 62.2 cm³/mol. The van der Waals surface area contributed by atoms with Gasteiger partial charge >= 0.3 is 0 Å². The number of halogens is 1. The number of ether oxygens (including phenoxy) is 1. The lowest BCUT2D eigenvalue weighted by Gasteiger charge is -2.23. The molecule has 0 aliphatic carbocycles. The van der Waals surface area contributed by atoms with Crippen LogP contribution in [0.2, 0.25) is 0 Å². The van der Waals surface area contributed by atoms with E-state index in [0.29, 0.717) is 24.4 Å². The fraction of sp³-hybridized carbons (Fsp3) is 0.500. The van der Waals surface area contributed by atoms with Gasteiger partial charge in [0, 0.05) is 32.0 Å². The van der Waals surface area contributed by atoms with E-state index in [9.17, 15) is 9.50 Å². The van der Waals surface area contributed by atoms with Gasteiger partial charge in [-0.3, -0.25) is 0 Å². The largest absolute Gasteiger partial charge is 0.389 e. The molecular formula is C12H18FNO2. The molecule has 0 aliphatic rings. The summed E-state index contributed by atoms with van der Waals surface area (Å²) < 4.78 is 18.5. The van der Waals surface area contributed by atoms with E-state index in [1.165, 1.54) is 6.07 Å². The molecule has 1 N–H and O–H groups in total. The van der Waals surface area contributed by atoms with E-state index < -0.39 is 6.10 Å². The number of aliphatic hydroxyl groups is 1. The van der Waals surface area contributed by atoms with Crippen LogP contribution in [0.1, 0.15) is 18.6 Å². The van der Waals surface area contributed by atoms with Crippen molar-refractivity contribution in [2.45, 2.75) is 13.0 Å². The average molecular weight is 227 g/mol. The first-order valence-electron chi connectivity index (χ1n) is 5.24. The molecular weight excluding hydrogens is 209 g/mol. The number of likely N-dealkylation sites (N-methyl/N-ethyl adjacent to an activating group) is 1. The van der Waals surface area contributed by atoms with Crippen LogP contribution in [-0.4, -0.2) is 32.4 Å². The predicted octanol–water partition coefficient (Wildman–Crippen LogP) is 1.96. The maximum Gasteiger partial charge on any atom is 0.131 e. The van der Waals surface area contributed by atoms with Crippen LogP contribution in [-0.2, 0) is 4.74 Å². The molecule has 0 aromatic heterocycles. The molecule has 1 aromatic carbocycles. The molecule has 1 rings (SSSR count). The van der Waals surface area contributed by atoms with E-state index in [1.807, 2.05) is 11.9 Å². The lowest BCUT2D eigenvalue weighted by molar-refractivity contribution is 0.193. The van der Waals surface area contributed by atoms with E-state index >= 15 is 0 Å². The van der Waals surface area contributed by atoms with Crippen molar-refractivity contribution in [3.63, 3.8) is 0 Å². The van der Waals surface area contributed by atoms with Gasteiger partial charge in [-0.15, -0.1) is 0 Å². The van der Waals surface area contributed by atoms with E-state index in [1.54, 1.807) is 26.2 Å². The Morgan fingerprint density at radius 1 is 1.50 bits per heavy atom. The second-order valence-electron chi connectivity index (χ2n) is 3.76. The third kappa shape index (κ3) is 2.93. The highest BCUT2D eigenvalue weighted by atomic mass is 19.1. The third-order valence-corrected chi connectivity index (χ3v) is 2.49. The van der Waals surface area contributed by atoms with Crippen molar-refractivity contribution in [3.8, 4) is 0 Å². The molecule has 1 atom stereocenters. The van der Waals surface area contributed by atoms with Crippen LogP contribution < -0.4 is 4.90 Å². The van der Waals surface area contributed by atoms with Gasteiger partial charge in [0.25, 0.3) is 0 Å².